The van der Waals surface area contributed by atoms with Crippen LogP contribution in [0.4, 0.5) is 0 Å². The predicted molar refractivity (Wildman–Crippen MR) is 79.0 cm³/mol. The molecule has 0 aliphatic heterocycles. The van der Waals surface area contributed by atoms with E-state index in [1.54, 1.807) is 0 Å². The average Bonchev–Trinajstić information content (AvgIpc) is 2.16. The summed E-state index contributed by atoms with van der Waals surface area (Å²) in [6, 6.07) is 0. The molecule has 0 saturated heterocycles. The maximum atomic E-state index is 11.7. The SMILES string of the molecule is O=P(OCl)(OCCC(Br)Br)OCCC(Br)Br. The van der Waals surface area contributed by atoms with Crippen molar-refractivity contribution in [3.8, 4) is 0 Å². The first-order chi connectivity index (χ1) is 7.39. The molecule has 0 aliphatic rings. The van der Waals surface area contributed by atoms with Gasteiger partial charge in [0.05, 0.1) is 32.6 Å². The van der Waals surface area contributed by atoms with Crippen LogP contribution in [0.1, 0.15) is 12.8 Å². The van der Waals surface area contributed by atoms with Crippen molar-refractivity contribution in [1.29, 1.82) is 0 Å². The highest BCUT2D eigenvalue weighted by Gasteiger charge is 2.26. The van der Waals surface area contributed by atoms with Gasteiger partial charge < -0.3 is 0 Å². The minimum atomic E-state index is -3.63. The molecule has 0 aromatic heterocycles. The normalized spacial score (nSPS) is 12.7. The molecule has 0 bridgehead atoms. The molecule has 0 heterocycles. The zero-order chi connectivity index (χ0) is 12.6. The number of halogens is 5. The summed E-state index contributed by atoms with van der Waals surface area (Å²) in [4.78, 5) is 0. The Hall–Kier alpha value is 2.32. The van der Waals surface area contributed by atoms with E-state index >= 15 is 0 Å². The molecular weight excluding hydrogens is 522 g/mol. The maximum absolute atomic E-state index is 11.7. The molecule has 0 aliphatic carbocycles. The molecule has 98 valence electrons. The van der Waals surface area contributed by atoms with Gasteiger partial charge in [-0.1, -0.05) is 63.7 Å². The molecule has 0 fully saturated rings. The fourth-order valence-corrected chi connectivity index (χ4v) is 2.38. The van der Waals surface area contributed by atoms with Crippen molar-refractivity contribution in [2.45, 2.75) is 20.3 Å². The Bertz CT molecular complexity index is 213. The Morgan fingerprint density at radius 2 is 1.38 bits per heavy atom. The Morgan fingerprint density at radius 3 is 1.62 bits per heavy atom. The zero-order valence-electron chi connectivity index (χ0n) is 7.95. The molecule has 4 nitrogen and oxygen atoms in total. The molecule has 0 amide bonds. The number of rotatable bonds is 9. The third kappa shape index (κ3) is 10.3. The summed E-state index contributed by atoms with van der Waals surface area (Å²) >= 11 is 18.1. The topological polar surface area (TPSA) is 44.8 Å². The Labute approximate surface area is 133 Å². The predicted octanol–water partition coefficient (Wildman–Crippen LogP) is 5.31. The van der Waals surface area contributed by atoms with Crippen LogP contribution in [0.2, 0.25) is 0 Å². The molecule has 0 radical (unpaired) electrons. The molecule has 0 unspecified atom stereocenters. The van der Waals surface area contributed by atoms with Crippen LogP contribution in [-0.2, 0) is 17.7 Å². The number of hydrogen-bond acceptors (Lipinski definition) is 4. The fourth-order valence-electron chi connectivity index (χ4n) is 0.584. The van der Waals surface area contributed by atoms with Crippen LogP contribution in [0.5, 0.6) is 0 Å². The standard InChI is InChI=1S/C6H10Br4ClO4P/c7-5(8)1-3-13-16(12,15-11)14-4-2-6(9)10/h5-6H,1-4H2. The van der Waals surface area contributed by atoms with Crippen LogP contribution in [0.25, 0.3) is 0 Å². The summed E-state index contributed by atoms with van der Waals surface area (Å²) in [7, 11) is -3.63. The maximum Gasteiger partial charge on any atom is 0.491 e. The Kier molecular flexibility index (Phi) is 11.6. The Balaban J connectivity index is 3.86. The van der Waals surface area contributed by atoms with E-state index in [0.717, 1.165) is 0 Å². The van der Waals surface area contributed by atoms with E-state index in [2.05, 4.69) is 67.8 Å². The molecule has 16 heavy (non-hydrogen) atoms. The van der Waals surface area contributed by atoms with Crippen molar-refractivity contribution >= 4 is 83.4 Å². The van der Waals surface area contributed by atoms with Crippen LogP contribution in [0, 0.1) is 0 Å². The van der Waals surface area contributed by atoms with Gasteiger partial charge >= 0.3 is 7.82 Å². The average molecular weight is 532 g/mol. The molecule has 0 spiro atoms. The van der Waals surface area contributed by atoms with E-state index in [1.807, 2.05) is 0 Å². The highest BCUT2D eigenvalue weighted by Crippen LogP contribution is 2.51. The summed E-state index contributed by atoms with van der Waals surface area (Å²) in [5.74, 6) is 0. The molecule has 0 saturated carbocycles. The minimum absolute atomic E-state index is 0.0817. The lowest BCUT2D eigenvalue weighted by molar-refractivity contribution is 0.159. The van der Waals surface area contributed by atoms with E-state index in [9.17, 15) is 4.57 Å². The van der Waals surface area contributed by atoms with Crippen molar-refractivity contribution in [2.75, 3.05) is 13.2 Å². The van der Waals surface area contributed by atoms with Crippen molar-refractivity contribution < 1.29 is 17.7 Å². The highest BCUT2D eigenvalue weighted by atomic mass is 79.9. The fraction of sp³-hybridized carbons (Fsp3) is 1.00. The van der Waals surface area contributed by atoms with E-state index in [4.69, 9.17) is 20.9 Å². The second-order valence-corrected chi connectivity index (χ2v) is 11.4. The second-order valence-electron chi connectivity index (χ2n) is 2.54. The van der Waals surface area contributed by atoms with Crippen LogP contribution in [0.3, 0.4) is 0 Å². The minimum Gasteiger partial charge on any atom is -0.286 e. The van der Waals surface area contributed by atoms with Crippen molar-refractivity contribution in [2.24, 2.45) is 0 Å². The summed E-state index contributed by atoms with van der Waals surface area (Å²) < 4.78 is 26.0. The van der Waals surface area contributed by atoms with Crippen molar-refractivity contribution in [3.05, 3.63) is 0 Å². The van der Waals surface area contributed by atoms with E-state index in [-0.39, 0.29) is 20.7 Å². The molecule has 0 atom stereocenters. The molecule has 0 rings (SSSR count). The number of hydrogen-bond donors (Lipinski definition) is 0. The molecule has 0 aromatic rings. The first-order valence-electron chi connectivity index (χ1n) is 4.15. The van der Waals surface area contributed by atoms with Gasteiger partial charge in [-0.3, -0.25) is 9.05 Å². The summed E-state index contributed by atoms with van der Waals surface area (Å²) in [5.41, 5.74) is 0. The summed E-state index contributed by atoms with van der Waals surface area (Å²) in [6.45, 7) is 0.411. The smallest absolute Gasteiger partial charge is 0.286 e. The van der Waals surface area contributed by atoms with Gasteiger partial charge in [-0.25, -0.2) is 4.57 Å². The lowest BCUT2D eigenvalue weighted by Gasteiger charge is -2.14. The third-order valence-corrected chi connectivity index (χ3v) is 4.76. The van der Waals surface area contributed by atoms with Crippen LogP contribution in [0.15, 0.2) is 0 Å². The van der Waals surface area contributed by atoms with Gasteiger partial charge in [-0.2, -0.15) is 4.08 Å². The van der Waals surface area contributed by atoms with Crippen molar-refractivity contribution in [1.82, 2.24) is 0 Å². The van der Waals surface area contributed by atoms with Crippen molar-refractivity contribution in [3.63, 3.8) is 0 Å². The zero-order valence-corrected chi connectivity index (χ0v) is 15.9. The van der Waals surface area contributed by atoms with Gasteiger partial charge in [0, 0.05) is 0 Å². The van der Waals surface area contributed by atoms with Gasteiger partial charge in [-0.05, 0) is 12.8 Å². The number of alkyl halides is 4. The Morgan fingerprint density at radius 1 is 1.00 bits per heavy atom. The van der Waals surface area contributed by atoms with E-state index < -0.39 is 7.82 Å². The highest BCUT2D eigenvalue weighted by molar-refractivity contribution is 9.25. The lowest BCUT2D eigenvalue weighted by Crippen LogP contribution is -2.03. The monoisotopic (exact) mass is 528 g/mol. The summed E-state index contributed by atoms with van der Waals surface area (Å²) in [5, 5.41) is 0. The van der Waals surface area contributed by atoms with Gasteiger partial charge in [0.2, 0.25) is 0 Å². The van der Waals surface area contributed by atoms with Gasteiger partial charge in [-0.15, -0.1) is 0 Å². The molecule has 0 aromatic carbocycles. The van der Waals surface area contributed by atoms with E-state index in [0.29, 0.717) is 12.8 Å². The van der Waals surface area contributed by atoms with Gasteiger partial charge in [0.15, 0.2) is 0 Å². The molecule has 10 heteroatoms. The summed E-state index contributed by atoms with van der Waals surface area (Å²) in [6.07, 6.45) is 1.21. The van der Waals surface area contributed by atoms with Gasteiger partial charge in [0.1, 0.15) is 0 Å². The first-order valence-corrected chi connectivity index (χ1v) is 9.58. The second kappa shape index (κ2) is 10.1. The van der Waals surface area contributed by atoms with Gasteiger partial charge in [0.25, 0.3) is 0 Å². The third-order valence-electron chi connectivity index (χ3n) is 1.26. The quantitative estimate of drug-likeness (QED) is 0.299. The van der Waals surface area contributed by atoms with Crippen LogP contribution in [-0.4, -0.2) is 20.7 Å². The van der Waals surface area contributed by atoms with Crippen LogP contribution < -0.4 is 0 Å². The molecular formula is C6H10Br4ClO4P. The van der Waals surface area contributed by atoms with E-state index in [1.165, 1.54) is 0 Å². The van der Waals surface area contributed by atoms with Crippen LogP contribution >= 0.6 is 83.4 Å². The first kappa shape index (κ1) is 18.3. The number of phosphoric ester groups is 1. The lowest BCUT2D eigenvalue weighted by atomic mass is 10.5. The largest absolute Gasteiger partial charge is 0.491 e. The number of phosphoric acid groups is 1. The molecule has 0 N–H and O–H groups in total.